The Balaban J connectivity index is 2.11. The summed E-state index contributed by atoms with van der Waals surface area (Å²) in [5, 5.41) is 4.13. The van der Waals surface area contributed by atoms with Crippen molar-refractivity contribution in [1.82, 2.24) is 9.78 Å². The minimum absolute atomic E-state index is 0.210. The Hall–Kier alpha value is -2.04. The fourth-order valence-corrected chi connectivity index (χ4v) is 1.39. The van der Waals surface area contributed by atoms with E-state index in [2.05, 4.69) is 9.84 Å². The molecule has 5 heteroatoms. The number of ether oxygens (including phenoxy) is 1. The lowest BCUT2D eigenvalue weighted by molar-refractivity contribution is 0.0563. The highest BCUT2D eigenvalue weighted by Gasteiger charge is 2.11. The monoisotopic (exact) mass is 220 g/mol. The van der Waals surface area contributed by atoms with Crippen molar-refractivity contribution in [3.05, 3.63) is 41.6 Å². The Morgan fingerprint density at radius 3 is 3.00 bits per heavy atom. The lowest BCUT2D eigenvalue weighted by atomic mass is 10.4. The van der Waals surface area contributed by atoms with Crippen LogP contribution < -0.4 is 0 Å². The van der Waals surface area contributed by atoms with Crippen molar-refractivity contribution in [1.29, 1.82) is 0 Å². The van der Waals surface area contributed by atoms with Gasteiger partial charge in [-0.25, -0.2) is 4.79 Å². The number of hydrogen-bond acceptors (Lipinski definition) is 4. The zero-order valence-corrected chi connectivity index (χ0v) is 9.14. The molecular weight excluding hydrogens is 208 g/mol. The van der Waals surface area contributed by atoms with Crippen LogP contribution in [-0.4, -0.2) is 22.9 Å². The van der Waals surface area contributed by atoms with E-state index in [-0.39, 0.29) is 5.76 Å². The minimum Gasteiger partial charge on any atom is -0.463 e. The number of carbonyl (C=O) groups is 1. The van der Waals surface area contributed by atoms with Crippen molar-refractivity contribution < 1.29 is 13.9 Å². The summed E-state index contributed by atoms with van der Waals surface area (Å²) < 4.78 is 11.6. The summed E-state index contributed by atoms with van der Waals surface area (Å²) in [6.45, 7) is 2.47. The molecule has 0 radical (unpaired) electrons. The van der Waals surface area contributed by atoms with Crippen molar-refractivity contribution in [2.75, 3.05) is 7.11 Å². The fourth-order valence-electron chi connectivity index (χ4n) is 1.39. The van der Waals surface area contributed by atoms with Gasteiger partial charge in [-0.2, -0.15) is 5.10 Å². The minimum atomic E-state index is -0.470. The molecule has 0 unspecified atom stereocenters. The van der Waals surface area contributed by atoms with Crippen LogP contribution in [0, 0.1) is 6.92 Å². The first kappa shape index (κ1) is 10.5. The standard InChI is InChI=1S/C11H12N2O3/c1-8-5-12-13(6-8)7-9-3-4-10(16-9)11(14)15-2/h3-6H,7H2,1-2H3. The molecule has 5 nitrogen and oxygen atoms in total. The van der Waals surface area contributed by atoms with Crippen molar-refractivity contribution in [2.24, 2.45) is 0 Å². The molecule has 2 heterocycles. The van der Waals surface area contributed by atoms with E-state index in [1.807, 2.05) is 13.1 Å². The first-order valence-corrected chi connectivity index (χ1v) is 4.85. The van der Waals surface area contributed by atoms with Gasteiger partial charge in [0.05, 0.1) is 19.9 Å². The summed E-state index contributed by atoms with van der Waals surface area (Å²) in [5.74, 6) is 0.410. The number of methoxy groups -OCH3 is 1. The molecule has 0 fully saturated rings. The zero-order valence-electron chi connectivity index (χ0n) is 9.14. The van der Waals surface area contributed by atoms with Crippen LogP contribution in [0.15, 0.2) is 28.9 Å². The Labute approximate surface area is 92.6 Å². The average molecular weight is 220 g/mol. The third-order valence-electron chi connectivity index (χ3n) is 2.13. The van der Waals surface area contributed by atoms with Gasteiger partial charge in [0, 0.05) is 6.20 Å². The van der Waals surface area contributed by atoms with Gasteiger partial charge in [-0.3, -0.25) is 4.68 Å². The molecule has 0 saturated heterocycles. The van der Waals surface area contributed by atoms with Crippen LogP contribution in [-0.2, 0) is 11.3 Å². The van der Waals surface area contributed by atoms with Gasteiger partial charge >= 0.3 is 5.97 Å². The zero-order chi connectivity index (χ0) is 11.5. The molecule has 0 atom stereocenters. The maximum absolute atomic E-state index is 11.1. The van der Waals surface area contributed by atoms with Crippen molar-refractivity contribution in [3.8, 4) is 0 Å². The molecule has 0 N–H and O–H groups in total. The van der Waals surface area contributed by atoms with Gasteiger partial charge in [0.15, 0.2) is 0 Å². The van der Waals surface area contributed by atoms with Gasteiger partial charge in [0.25, 0.3) is 0 Å². The molecule has 0 aliphatic rings. The highest BCUT2D eigenvalue weighted by Crippen LogP contribution is 2.10. The number of rotatable bonds is 3. The molecule has 0 aliphatic heterocycles. The second-order valence-corrected chi connectivity index (χ2v) is 3.47. The molecule has 84 valence electrons. The molecule has 0 amide bonds. The van der Waals surface area contributed by atoms with Crippen LogP contribution in [0.3, 0.4) is 0 Å². The summed E-state index contributed by atoms with van der Waals surface area (Å²) in [6.07, 6.45) is 3.67. The lowest BCUT2D eigenvalue weighted by Gasteiger charge is -1.97. The van der Waals surface area contributed by atoms with E-state index in [9.17, 15) is 4.79 Å². The van der Waals surface area contributed by atoms with Crippen LogP contribution in [0.2, 0.25) is 0 Å². The van der Waals surface area contributed by atoms with E-state index in [1.54, 1.807) is 23.0 Å². The van der Waals surface area contributed by atoms with E-state index in [4.69, 9.17) is 4.42 Å². The molecule has 2 aromatic heterocycles. The highest BCUT2D eigenvalue weighted by molar-refractivity contribution is 5.86. The molecule has 0 aliphatic carbocycles. The molecule has 16 heavy (non-hydrogen) atoms. The van der Waals surface area contributed by atoms with E-state index in [1.165, 1.54) is 7.11 Å². The number of esters is 1. The van der Waals surface area contributed by atoms with Crippen LogP contribution in [0.4, 0.5) is 0 Å². The van der Waals surface area contributed by atoms with E-state index < -0.39 is 5.97 Å². The molecule has 0 saturated carbocycles. The summed E-state index contributed by atoms with van der Waals surface area (Å²) >= 11 is 0. The largest absolute Gasteiger partial charge is 0.463 e. The van der Waals surface area contributed by atoms with Gasteiger partial charge < -0.3 is 9.15 Å². The summed E-state index contributed by atoms with van der Waals surface area (Å²) in [6, 6.07) is 3.33. The SMILES string of the molecule is COC(=O)c1ccc(Cn2cc(C)cn2)o1. The van der Waals surface area contributed by atoms with Crippen molar-refractivity contribution >= 4 is 5.97 Å². The van der Waals surface area contributed by atoms with Crippen LogP contribution >= 0.6 is 0 Å². The topological polar surface area (TPSA) is 57.3 Å². The number of aryl methyl sites for hydroxylation is 1. The smallest absolute Gasteiger partial charge is 0.373 e. The molecule has 0 spiro atoms. The second-order valence-electron chi connectivity index (χ2n) is 3.47. The number of hydrogen-bond donors (Lipinski definition) is 0. The van der Waals surface area contributed by atoms with Crippen molar-refractivity contribution in [2.45, 2.75) is 13.5 Å². The van der Waals surface area contributed by atoms with E-state index in [0.29, 0.717) is 12.3 Å². The molecule has 0 aromatic carbocycles. The average Bonchev–Trinajstić information content (AvgIpc) is 2.87. The Morgan fingerprint density at radius 2 is 2.38 bits per heavy atom. The first-order valence-electron chi connectivity index (χ1n) is 4.85. The van der Waals surface area contributed by atoms with Crippen LogP contribution in [0.25, 0.3) is 0 Å². The molecule has 2 aromatic rings. The van der Waals surface area contributed by atoms with Gasteiger partial charge in [-0.1, -0.05) is 0 Å². The molecular formula is C11H12N2O3. The van der Waals surface area contributed by atoms with Gasteiger partial charge in [0.1, 0.15) is 5.76 Å². The van der Waals surface area contributed by atoms with Gasteiger partial charge in [0.2, 0.25) is 5.76 Å². The highest BCUT2D eigenvalue weighted by atomic mass is 16.5. The molecule has 0 bridgehead atoms. The maximum atomic E-state index is 11.1. The van der Waals surface area contributed by atoms with Gasteiger partial charge in [-0.05, 0) is 24.6 Å². The summed E-state index contributed by atoms with van der Waals surface area (Å²) in [5.41, 5.74) is 1.08. The summed E-state index contributed by atoms with van der Waals surface area (Å²) in [4.78, 5) is 11.1. The van der Waals surface area contributed by atoms with E-state index in [0.717, 1.165) is 5.56 Å². The number of nitrogens with zero attached hydrogens (tertiary/aromatic N) is 2. The van der Waals surface area contributed by atoms with Crippen LogP contribution in [0.1, 0.15) is 21.9 Å². The maximum Gasteiger partial charge on any atom is 0.373 e. The number of carbonyl (C=O) groups excluding carboxylic acids is 1. The Morgan fingerprint density at radius 1 is 1.56 bits per heavy atom. The van der Waals surface area contributed by atoms with Gasteiger partial charge in [-0.15, -0.1) is 0 Å². The first-order chi connectivity index (χ1) is 7.69. The Kier molecular flexibility index (Phi) is 2.76. The normalized spacial score (nSPS) is 10.4. The third kappa shape index (κ3) is 2.13. The number of furan rings is 1. The fraction of sp³-hybridized carbons (Fsp3) is 0.273. The molecule has 2 rings (SSSR count). The van der Waals surface area contributed by atoms with Crippen LogP contribution in [0.5, 0.6) is 0 Å². The van der Waals surface area contributed by atoms with E-state index >= 15 is 0 Å². The number of aromatic nitrogens is 2. The predicted octanol–water partition coefficient (Wildman–Crippen LogP) is 1.62. The quantitative estimate of drug-likeness (QED) is 0.737. The lowest BCUT2D eigenvalue weighted by Crippen LogP contribution is -2.00. The summed E-state index contributed by atoms with van der Waals surface area (Å²) in [7, 11) is 1.32. The predicted molar refractivity (Wildman–Crippen MR) is 56.1 cm³/mol. The Bertz CT molecular complexity index is 499. The van der Waals surface area contributed by atoms with Crippen molar-refractivity contribution in [3.63, 3.8) is 0 Å². The third-order valence-corrected chi connectivity index (χ3v) is 2.13. The second kappa shape index (κ2) is 4.22.